The van der Waals surface area contributed by atoms with Gasteiger partial charge in [-0.3, -0.25) is 4.40 Å². The quantitative estimate of drug-likeness (QED) is 0.628. The highest BCUT2D eigenvalue weighted by Crippen LogP contribution is 2.21. The van der Waals surface area contributed by atoms with E-state index in [0.29, 0.717) is 18.0 Å². The summed E-state index contributed by atoms with van der Waals surface area (Å²) in [6.07, 6.45) is 1.70. The molecule has 23 heavy (non-hydrogen) atoms. The molecule has 0 spiro atoms. The lowest BCUT2D eigenvalue weighted by molar-refractivity contribution is 0.414. The lowest BCUT2D eigenvalue weighted by Gasteiger charge is -2.09. The monoisotopic (exact) mass is 305 g/mol. The van der Waals surface area contributed by atoms with Gasteiger partial charge in [-0.05, 0) is 29.8 Å². The summed E-state index contributed by atoms with van der Waals surface area (Å²) in [5.74, 6) is 1.55. The van der Waals surface area contributed by atoms with Crippen molar-refractivity contribution in [3.63, 3.8) is 0 Å². The molecule has 0 aliphatic carbocycles. The van der Waals surface area contributed by atoms with Crippen LogP contribution in [0.1, 0.15) is 5.56 Å². The Kier molecular flexibility index (Phi) is 3.27. The Hall–Kier alpha value is -3.15. The molecule has 0 aliphatic heterocycles. The van der Waals surface area contributed by atoms with E-state index in [4.69, 9.17) is 4.74 Å². The minimum absolute atomic E-state index is 0.630. The van der Waals surface area contributed by atoms with Gasteiger partial charge in [0.15, 0.2) is 5.82 Å². The van der Waals surface area contributed by atoms with Gasteiger partial charge in [-0.25, -0.2) is 4.98 Å². The number of nitrogens with zero attached hydrogens (tertiary/aromatic N) is 4. The normalized spacial score (nSPS) is 11.0. The molecule has 6 heteroatoms. The van der Waals surface area contributed by atoms with Gasteiger partial charge in [0.2, 0.25) is 5.65 Å². The Morgan fingerprint density at radius 2 is 2.04 bits per heavy atom. The number of ether oxygens (including phenoxy) is 1. The van der Waals surface area contributed by atoms with Crippen molar-refractivity contribution < 1.29 is 4.74 Å². The molecule has 0 unspecified atom stereocenters. The van der Waals surface area contributed by atoms with Gasteiger partial charge in [-0.1, -0.05) is 24.3 Å². The number of rotatable bonds is 4. The Labute approximate surface area is 132 Å². The minimum Gasteiger partial charge on any atom is -0.497 e. The van der Waals surface area contributed by atoms with E-state index in [0.717, 1.165) is 22.3 Å². The first kappa shape index (κ1) is 13.5. The van der Waals surface area contributed by atoms with Gasteiger partial charge in [-0.15, -0.1) is 10.2 Å². The second-order valence-electron chi connectivity index (χ2n) is 5.18. The van der Waals surface area contributed by atoms with Crippen LogP contribution >= 0.6 is 0 Å². The summed E-state index contributed by atoms with van der Waals surface area (Å²) in [4.78, 5) is 4.67. The second-order valence-corrected chi connectivity index (χ2v) is 5.18. The lowest BCUT2D eigenvalue weighted by Crippen LogP contribution is -2.05. The SMILES string of the molecule is COc1cccc(CNc2nc3ccccc3n3cnnc23)c1. The molecule has 2 aromatic carbocycles. The molecule has 4 rings (SSSR count). The molecule has 0 radical (unpaired) electrons. The minimum atomic E-state index is 0.630. The van der Waals surface area contributed by atoms with Crippen LogP contribution < -0.4 is 10.1 Å². The maximum atomic E-state index is 5.25. The number of aromatic nitrogens is 4. The highest BCUT2D eigenvalue weighted by Gasteiger charge is 2.09. The number of methoxy groups -OCH3 is 1. The van der Waals surface area contributed by atoms with Gasteiger partial charge in [-0.2, -0.15) is 0 Å². The predicted octanol–water partition coefficient (Wildman–Crippen LogP) is 2.90. The van der Waals surface area contributed by atoms with Crippen molar-refractivity contribution in [1.29, 1.82) is 0 Å². The maximum absolute atomic E-state index is 5.25. The fourth-order valence-corrected chi connectivity index (χ4v) is 2.59. The Morgan fingerprint density at radius 1 is 1.13 bits per heavy atom. The fraction of sp³-hybridized carbons (Fsp3) is 0.118. The van der Waals surface area contributed by atoms with Crippen LogP contribution in [-0.4, -0.2) is 26.7 Å². The molecular formula is C17H15N5O. The van der Waals surface area contributed by atoms with Gasteiger partial charge in [0.05, 0.1) is 18.1 Å². The van der Waals surface area contributed by atoms with E-state index < -0.39 is 0 Å². The van der Waals surface area contributed by atoms with E-state index >= 15 is 0 Å². The molecule has 1 N–H and O–H groups in total. The van der Waals surface area contributed by atoms with Gasteiger partial charge < -0.3 is 10.1 Å². The lowest BCUT2D eigenvalue weighted by atomic mass is 10.2. The highest BCUT2D eigenvalue weighted by molar-refractivity contribution is 5.82. The van der Waals surface area contributed by atoms with Crippen LogP contribution in [0.5, 0.6) is 5.75 Å². The molecule has 0 aliphatic rings. The number of para-hydroxylation sites is 2. The molecule has 2 aromatic heterocycles. The number of benzene rings is 2. The highest BCUT2D eigenvalue weighted by atomic mass is 16.5. The number of nitrogens with one attached hydrogen (secondary N) is 1. The molecule has 0 saturated carbocycles. The van der Waals surface area contributed by atoms with Crippen molar-refractivity contribution in [2.45, 2.75) is 6.54 Å². The predicted molar refractivity (Wildman–Crippen MR) is 88.6 cm³/mol. The average molecular weight is 305 g/mol. The zero-order chi connectivity index (χ0) is 15.6. The van der Waals surface area contributed by atoms with Crippen LogP contribution in [0.25, 0.3) is 16.7 Å². The number of hydrogen-bond acceptors (Lipinski definition) is 5. The summed E-state index contributed by atoms with van der Waals surface area (Å²) in [6, 6.07) is 15.9. The topological polar surface area (TPSA) is 64.3 Å². The summed E-state index contributed by atoms with van der Waals surface area (Å²) in [5, 5.41) is 11.5. The van der Waals surface area contributed by atoms with Crippen molar-refractivity contribution in [2.24, 2.45) is 0 Å². The average Bonchev–Trinajstić information content (AvgIpc) is 3.10. The summed E-state index contributed by atoms with van der Waals surface area (Å²) in [7, 11) is 1.66. The van der Waals surface area contributed by atoms with Crippen molar-refractivity contribution in [1.82, 2.24) is 19.6 Å². The molecule has 0 atom stereocenters. The van der Waals surface area contributed by atoms with E-state index in [1.54, 1.807) is 13.4 Å². The van der Waals surface area contributed by atoms with Crippen LogP contribution in [0.15, 0.2) is 54.9 Å². The summed E-state index contributed by atoms with van der Waals surface area (Å²) in [6.45, 7) is 0.630. The van der Waals surface area contributed by atoms with E-state index in [9.17, 15) is 0 Å². The third-order valence-electron chi connectivity index (χ3n) is 3.73. The third kappa shape index (κ3) is 2.44. The number of hydrogen-bond donors (Lipinski definition) is 1. The van der Waals surface area contributed by atoms with E-state index in [2.05, 4.69) is 20.5 Å². The van der Waals surface area contributed by atoms with Crippen LogP contribution in [0.4, 0.5) is 5.82 Å². The zero-order valence-corrected chi connectivity index (χ0v) is 12.6. The van der Waals surface area contributed by atoms with Gasteiger partial charge in [0, 0.05) is 6.54 Å². The van der Waals surface area contributed by atoms with E-state index in [1.807, 2.05) is 52.9 Å². The summed E-state index contributed by atoms with van der Waals surface area (Å²) < 4.78 is 7.19. The van der Waals surface area contributed by atoms with Crippen molar-refractivity contribution in [3.8, 4) is 5.75 Å². The Bertz CT molecular complexity index is 979. The van der Waals surface area contributed by atoms with Crippen LogP contribution in [-0.2, 0) is 6.54 Å². The number of fused-ring (bicyclic) bond motifs is 3. The van der Waals surface area contributed by atoms with Gasteiger partial charge >= 0.3 is 0 Å². The second kappa shape index (κ2) is 5.57. The number of anilines is 1. The molecule has 6 nitrogen and oxygen atoms in total. The molecule has 0 amide bonds. The Balaban J connectivity index is 1.71. The summed E-state index contributed by atoms with van der Waals surface area (Å²) >= 11 is 0. The molecule has 0 bridgehead atoms. The van der Waals surface area contributed by atoms with E-state index in [-0.39, 0.29) is 0 Å². The standard InChI is InChI=1S/C17H15N5O/c1-23-13-6-4-5-12(9-13)10-18-16-17-21-19-11-22(17)15-8-3-2-7-14(15)20-16/h2-9,11H,10H2,1H3,(H,18,20). The first-order chi connectivity index (χ1) is 11.3. The smallest absolute Gasteiger partial charge is 0.203 e. The first-order valence-corrected chi connectivity index (χ1v) is 7.30. The fourth-order valence-electron chi connectivity index (χ4n) is 2.59. The van der Waals surface area contributed by atoms with Gasteiger partial charge in [0.25, 0.3) is 0 Å². The molecular weight excluding hydrogens is 290 g/mol. The molecule has 0 saturated heterocycles. The van der Waals surface area contributed by atoms with Gasteiger partial charge in [0.1, 0.15) is 12.1 Å². The van der Waals surface area contributed by atoms with Crippen molar-refractivity contribution in [3.05, 3.63) is 60.4 Å². The molecule has 4 aromatic rings. The zero-order valence-electron chi connectivity index (χ0n) is 12.6. The van der Waals surface area contributed by atoms with Crippen molar-refractivity contribution >= 4 is 22.5 Å². The van der Waals surface area contributed by atoms with Crippen LogP contribution in [0, 0.1) is 0 Å². The maximum Gasteiger partial charge on any atom is 0.203 e. The molecule has 114 valence electrons. The van der Waals surface area contributed by atoms with Crippen LogP contribution in [0.3, 0.4) is 0 Å². The Morgan fingerprint density at radius 3 is 2.96 bits per heavy atom. The van der Waals surface area contributed by atoms with Crippen LogP contribution in [0.2, 0.25) is 0 Å². The van der Waals surface area contributed by atoms with E-state index in [1.165, 1.54) is 0 Å². The first-order valence-electron chi connectivity index (χ1n) is 7.30. The molecule has 0 fully saturated rings. The third-order valence-corrected chi connectivity index (χ3v) is 3.73. The molecule has 2 heterocycles. The largest absolute Gasteiger partial charge is 0.497 e. The summed E-state index contributed by atoms with van der Waals surface area (Å²) in [5.41, 5.74) is 3.70. The van der Waals surface area contributed by atoms with Crippen molar-refractivity contribution in [2.75, 3.05) is 12.4 Å².